The smallest absolute Gasteiger partial charge is 0.261 e. The van der Waals surface area contributed by atoms with Crippen LogP contribution in [0.4, 0.5) is 10.7 Å². The summed E-state index contributed by atoms with van der Waals surface area (Å²) in [6.45, 7) is 4.35. The lowest BCUT2D eigenvalue weighted by Crippen LogP contribution is -2.32. The van der Waals surface area contributed by atoms with E-state index in [2.05, 4.69) is 11.8 Å². The lowest BCUT2D eigenvalue weighted by molar-refractivity contribution is 0.100. The third kappa shape index (κ3) is 2.44. The van der Waals surface area contributed by atoms with Crippen LogP contribution in [-0.2, 0) is 0 Å². The number of nitrogens with zero attached hydrogens (tertiary/aromatic N) is 1. The second-order valence-corrected chi connectivity index (χ2v) is 6.53. The average molecular weight is 285 g/mol. The van der Waals surface area contributed by atoms with Crippen molar-refractivity contribution in [2.75, 3.05) is 30.0 Å². The molecular formula is C12H19N3OS2. The quantitative estimate of drug-likeness (QED) is 0.836. The highest BCUT2D eigenvalue weighted by molar-refractivity contribution is 7.99. The van der Waals surface area contributed by atoms with Crippen LogP contribution >= 0.6 is 23.1 Å². The van der Waals surface area contributed by atoms with Gasteiger partial charge in [0.1, 0.15) is 9.88 Å². The topological polar surface area (TPSA) is 72.3 Å². The average Bonchev–Trinajstić information content (AvgIpc) is 2.67. The lowest BCUT2D eigenvalue weighted by Gasteiger charge is -2.31. The number of hydrogen-bond acceptors (Lipinski definition) is 5. The minimum Gasteiger partial charge on any atom is -0.396 e. The van der Waals surface area contributed by atoms with Crippen LogP contribution in [0.2, 0.25) is 0 Å². The number of rotatable bonds is 3. The largest absolute Gasteiger partial charge is 0.396 e. The number of thiophene rings is 1. The zero-order valence-electron chi connectivity index (χ0n) is 10.7. The number of thioether (sulfide) groups is 1. The molecule has 100 valence electrons. The van der Waals surface area contributed by atoms with Crippen LogP contribution in [0, 0.1) is 5.92 Å². The monoisotopic (exact) mass is 285 g/mol. The zero-order valence-corrected chi connectivity index (χ0v) is 12.4. The maximum atomic E-state index is 11.4. The van der Waals surface area contributed by atoms with Crippen LogP contribution in [-0.4, -0.2) is 25.3 Å². The molecule has 0 saturated carbocycles. The molecule has 0 atom stereocenters. The molecule has 4 nitrogen and oxygen atoms in total. The van der Waals surface area contributed by atoms with Crippen molar-refractivity contribution >= 4 is 39.7 Å². The second-order valence-electron chi connectivity index (χ2n) is 4.72. The molecule has 6 heteroatoms. The minimum absolute atomic E-state index is 0.426. The molecule has 1 fully saturated rings. The molecular weight excluding hydrogens is 266 g/mol. The number of hydrogen-bond donors (Lipinski definition) is 2. The first-order valence-electron chi connectivity index (χ1n) is 6.05. The SMILES string of the molecule is CSc1c(N2CCC(C)CC2)sc(C(N)=O)c1N. The summed E-state index contributed by atoms with van der Waals surface area (Å²) in [4.78, 5) is 15.2. The Labute approximate surface area is 116 Å². The molecule has 4 N–H and O–H groups in total. The van der Waals surface area contributed by atoms with E-state index >= 15 is 0 Å². The normalized spacial score (nSPS) is 17.1. The van der Waals surface area contributed by atoms with E-state index in [1.165, 1.54) is 24.2 Å². The van der Waals surface area contributed by atoms with Gasteiger partial charge in [-0.15, -0.1) is 23.1 Å². The lowest BCUT2D eigenvalue weighted by atomic mass is 9.99. The number of carbonyl (C=O) groups is 1. The van der Waals surface area contributed by atoms with Gasteiger partial charge in [0.25, 0.3) is 5.91 Å². The highest BCUT2D eigenvalue weighted by atomic mass is 32.2. The maximum Gasteiger partial charge on any atom is 0.261 e. The Hall–Kier alpha value is -0.880. The third-order valence-electron chi connectivity index (χ3n) is 3.38. The van der Waals surface area contributed by atoms with E-state index in [0.29, 0.717) is 10.6 Å². The Morgan fingerprint density at radius 2 is 2.06 bits per heavy atom. The van der Waals surface area contributed by atoms with Gasteiger partial charge in [-0.25, -0.2) is 0 Å². The molecule has 0 spiro atoms. The molecule has 1 amide bonds. The van der Waals surface area contributed by atoms with Gasteiger partial charge in [-0.3, -0.25) is 4.79 Å². The molecule has 1 aliphatic rings. The van der Waals surface area contributed by atoms with Gasteiger partial charge in [0.15, 0.2) is 0 Å². The fourth-order valence-corrected chi connectivity index (χ4v) is 4.30. The second kappa shape index (κ2) is 5.40. The summed E-state index contributed by atoms with van der Waals surface area (Å²) in [5.74, 6) is 0.358. The summed E-state index contributed by atoms with van der Waals surface area (Å²) in [5.41, 5.74) is 11.9. The molecule has 1 aromatic heterocycles. The van der Waals surface area contributed by atoms with Gasteiger partial charge in [-0.2, -0.15) is 0 Å². The predicted molar refractivity (Wildman–Crippen MR) is 79.6 cm³/mol. The van der Waals surface area contributed by atoms with Crippen LogP contribution in [0.15, 0.2) is 4.90 Å². The van der Waals surface area contributed by atoms with E-state index in [0.717, 1.165) is 28.9 Å². The standard InChI is InChI=1S/C12H19N3OS2/c1-7-3-5-15(6-4-7)12-10(17-2)8(13)9(18-12)11(14)16/h7H,3-6,13H2,1-2H3,(H2,14,16). The highest BCUT2D eigenvalue weighted by Crippen LogP contribution is 2.44. The van der Waals surface area contributed by atoms with Gasteiger partial charge >= 0.3 is 0 Å². The summed E-state index contributed by atoms with van der Waals surface area (Å²) >= 11 is 3.02. The van der Waals surface area contributed by atoms with Crippen LogP contribution < -0.4 is 16.4 Å². The van der Waals surface area contributed by atoms with Crippen LogP contribution in [0.5, 0.6) is 0 Å². The number of anilines is 2. The van der Waals surface area contributed by atoms with Gasteiger partial charge in [0, 0.05) is 13.1 Å². The van der Waals surface area contributed by atoms with Crippen LogP contribution in [0.3, 0.4) is 0 Å². The Morgan fingerprint density at radius 3 is 2.56 bits per heavy atom. The van der Waals surface area contributed by atoms with Crippen molar-refractivity contribution in [2.24, 2.45) is 11.7 Å². The Balaban J connectivity index is 2.32. The number of primary amides is 1. The third-order valence-corrected chi connectivity index (χ3v) is 5.61. The number of piperidine rings is 1. The zero-order chi connectivity index (χ0) is 13.3. The van der Waals surface area contributed by atoms with E-state index in [1.54, 1.807) is 11.8 Å². The predicted octanol–water partition coefficient (Wildman–Crippen LogP) is 2.39. The van der Waals surface area contributed by atoms with Crippen molar-refractivity contribution in [1.29, 1.82) is 0 Å². The van der Waals surface area contributed by atoms with Gasteiger partial charge in [0.05, 0.1) is 10.6 Å². The number of nitrogen functional groups attached to an aromatic ring is 1. The fourth-order valence-electron chi connectivity index (χ4n) is 2.22. The van der Waals surface area contributed by atoms with Crippen molar-refractivity contribution in [3.63, 3.8) is 0 Å². The molecule has 0 unspecified atom stereocenters. The van der Waals surface area contributed by atoms with Crippen LogP contribution in [0.1, 0.15) is 29.4 Å². The maximum absolute atomic E-state index is 11.4. The number of nitrogens with two attached hydrogens (primary N) is 2. The number of amides is 1. The van der Waals surface area contributed by atoms with Crippen molar-refractivity contribution in [2.45, 2.75) is 24.7 Å². The molecule has 1 aromatic rings. The summed E-state index contributed by atoms with van der Waals surface area (Å²) in [6, 6.07) is 0. The van der Waals surface area contributed by atoms with E-state index in [-0.39, 0.29) is 0 Å². The molecule has 2 heterocycles. The molecule has 18 heavy (non-hydrogen) atoms. The van der Waals surface area contributed by atoms with E-state index in [9.17, 15) is 4.79 Å². The Kier molecular flexibility index (Phi) is 4.07. The van der Waals surface area contributed by atoms with E-state index in [4.69, 9.17) is 11.5 Å². The molecule has 2 rings (SSSR count). The summed E-state index contributed by atoms with van der Waals surface area (Å²) in [5, 5.41) is 1.11. The van der Waals surface area contributed by atoms with Gasteiger partial charge < -0.3 is 16.4 Å². The van der Waals surface area contributed by atoms with E-state index in [1.807, 2.05) is 6.26 Å². The van der Waals surface area contributed by atoms with E-state index < -0.39 is 5.91 Å². The van der Waals surface area contributed by atoms with Gasteiger partial charge in [-0.05, 0) is 25.0 Å². The van der Waals surface area contributed by atoms with Crippen molar-refractivity contribution < 1.29 is 4.79 Å². The summed E-state index contributed by atoms with van der Waals surface area (Å²) < 4.78 is 0. The summed E-state index contributed by atoms with van der Waals surface area (Å²) in [7, 11) is 0. The Bertz CT molecular complexity index is 450. The first-order chi connectivity index (χ1) is 8.54. The highest BCUT2D eigenvalue weighted by Gasteiger charge is 2.25. The Morgan fingerprint density at radius 1 is 1.44 bits per heavy atom. The molecule has 0 radical (unpaired) electrons. The first-order valence-corrected chi connectivity index (χ1v) is 8.09. The molecule has 0 aromatic carbocycles. The van der Waals surface area contributed by atoms with Gasteiger partial charge in [0.2, 0.25) is 0 Å². The first kappa shape index (κ1) is 13.5. The van der Waals surface area contributed by atoms with Crippen LogP contribution in [0.25, 0.3) is 0 Å². The summed E-state index contributed by atoms with van der Waals surface area (Å²) in [6.07, 6.45) is 4.37. The molecule has 1 aliphatic heterocycles. The van der Waals surface area contributed by atoms with Crippen molar-refractivity contribution in [3.05, 3.63) is 4.88 Å². The fraction of sp³-hybridized carbons (Fsp3) is 0.583. The van der Waals surface area contributed by atoms with Gasteiger partial charge in [-0.1, -0.05) is 6.92 Å². The molecule has 0 aliphatic carbocycles. The van der Waals surface area contributed by atoms with Crippen molar-refractivity contribution in [3.8, 4) is 0 Å². The number of carbonyl (C=O) groups excluding carboxylic acids is 1. The molecule has 1 saturated heterocycles. The minimum atomic E-state index is -0.426. The van der Waals surface area contributed by atoms with Crippen molar-refractivity contribution in [1.82, 2.24) is 0 Å². The molecule has 0 bridgehead atoms.